The number of allylic oxidation sites excluding steroid dienone is 4. The summed E-state index contributed by atoms with van der Waals surface area (Å²) in [5, 5.41) is 30.5. The summed E-state index contributed by atoms with van der Waals surface area (Å²) in [5.41, 5.74) is 17.0. The maximum atomic E-state index is 13.1. The molecular weight excluding hydrogens is 1520 g/mol. The number of aromatic nitrogens is 1. The van der Waals surface area contributed by atoms with Crippen molar-refractivity contribution in [3.8, 4) is 28.0 Å². The molecule has 5 aliphatic heterocycles. The van der Waals surface area contributed by atoms with Gasteiger partial charge in [-0.2, -0.15) is 4.57 Å². The molecule has 0 aliphatic carbocycles. The lowest BCUT2D eigenvalue weighted by Gasteiger charge is -2.39. The normalized spacial score (nSPS) is 17.8. The SMILES string of the molecule is CCC(/C=C1\Oc2ccccc2N1CC)=C\C1N(CC)c2ccc(-c3ccccc3)cc2[NH+]1CCCCNC(=O)CCN1c2ccc(Cl)cc2CCC1C(=O)[O-].CCC(=Cc1sc2ccc(-c3ccccc3)cc2[n+]1CCCS(=O)(=O)[O-])C=C1Sc2ccc(C)cc2N1CCCCC(=O)Nc1cccc(N2CC=CCC2C(=O)O)c1. The quantitative estimate of drug-likeness (QED) is 0.0137. The number of hydrogen-bond donors (Lipinski definition) is 4. The minimum absolute atomic E-state index is 0.0836. The van der Waals surface area contributed by atoms with Crippen molar-refractivity contribution in [2.45, 2.75) is 141 Å². The Morgan fingerprint density at radius 1 is 0.687 bits per heavy atom. The highest BCUT2D eigenvalue weighted by atomic mass is 35.5. The van der Waals surface area contributed by atoms with E-state index in [1.54, 1.807) is 34.1 Å². The molecule has 0 spiro atoms. The van der Waals surface area contributed by atoms with Gasteiger partial charge < -0.3 is 59.4 Å². The minimum Gasteiger partial charge on any atom is -0.748 e. The van der Waals surface area contributed by atoms with Crippen molar-refractivity contribution in [1.82, 2.24) is 5.32 Å². The second-order valence-corrected chi connectivity index (χ2v) is 33.5. The summed E-state index contributed by atoms with van der Waals surface area (Å²) in [4.78, 5) is 63.3. The van der Waals surface area contributed by atoms with E-state index in [1.165, 1.54) is 43.4 Å². The lowest BCUT2D eigenvalue weighted by Crippen LogP contribution is -3.11. The molecule has 0 radical (unpaired) electrons. The highest BCUT2D eigenvalue weighted by molar-refractivity contribution is 8.03. The average Bonchev–Trinajstić information content (AvgIpc) is 1.63. The third-order valence-electron chi connectivity index (χ3n) is 21.8. The Hall–Kier alpha value is -10.5. The Labute approximate surface area is 688 Å². The van der Waals surface area contributed by atoms with E-state index in [1.807, 2.05) is 89.8 Å². The van der Waals surface area contributed by atoms with Crippen molar-refractivity contribution in [2.24, 2.45) is 0 Å². The molecule has 4 unspecified atom stereocenters. The van der Waals surface area contributed by atoms with Crippen LogP contribution in [-0.4, -0.2) is 112 Å². The fourth-order valence-electron chi connectivity index (χ4n) is 15.9. The number of carbonyl (C=O) groups is 4. The lowest BCUT2D eigenvalue weighted by molar-refractivity contribution is -0.846. The molecule has 19 nitrogen and oxygen atoms in total. The molecule has 14 rings (SSSR count). The molecular formula is C92H100ClN9O10S3. The molecule has 2 amide bonds. The van der Waals surface area contributed by atoms with Crippen LogP contribution in [0.5, 0.6) is 5.75 Å². The van der Waals surface area contributed by atoms with E-state index < -0.39 is 39.9 Å². The van der Waals surface area contributed by atoms with E-state index in [4.69, 9.17) is 16.3 Å². The number of amides is 2. The molecule has 1 aromatic heterocycles. The zero-order valence-corrected chi connectivity index (χ0v) is 69.0. The number of thioether (sulfide) groups is 1. The fraction of sp³-hybridized carbons (Fsp3) is 0.315. The number of benzene rings is 8. The number of aliphatic carboxylic acids is 2. The van der Waals surface area contributed by atoms with Crippen LogP contribution in [0, 0.1) is 6.92 Å². The Bertz CT molecular complexity index is 5300. The van der Waals surface area contributed by atoms with Gasteiger partial charge in [-0.3, -0.25) is 14.5 Å². The molecule has 115 heavy (non-hydrogen) atoms. The summed E-state index contributed by atoms with van der Waals surface area (Å²) in [6.07, 6.45) is 20.0. The second-order valence-electron chi connectivity index (χ2n) is 29.4. The molecule has 5 aliphatic rings. The number of para-hydroxylation sites is 2. The number of halogens is 1. The number of aryl methyl sites for hydroxylation is 3. The number of fused-ring (bicyclic) bond motifs is 5. The van der Waals surface area contributed by atoms with Gasteiger partial charge in [0.15, 0.2) is 24.1 Å². The molecule has 23 heteroatoms. The second kappa shape index (κ2) is 38.3. The van der Waals surface area contributed by atoms with Gasteiger partial charge in [-0.1, -0.05) is 158 Å². The molecule has 4 atom stereocenters. The number of carboxylic acid groups (broad SMARTS) is 2. The van der Waals surface area contributed by atoms with E-state index in [0.29, 0.717) is 69.0 Å². The van der Waals surface area contributed by atoms with Crippen molar-refractivity contribution in [3.05, 3.63) is 256 Å². The summed E-state index contributed by atoms with van der Waals surface area (Å²) in [7, 11) is -4.35. The average molecular weight is 1620 g/mol. The van der Waals surface area contributed by atoms with Gasteiger partial charge in [0.1, 0.15) is 16.4 Å². The number of ether oxygens (including phenoxy) is 1. The predicted octanol–water partition coefficient (Wildman–Crippen LogP) is 16.0. The number of unbranched alkanes of at least 4 members (excludes halogenated alkanes) is 2. The van der Waals surface area contributed by atoms with Crippen LogP contribution in [0.4, 0.5) is 39.8 Å². The molecule has 0 bridgehead atoms. The molecule has 4 N–H and O–H groups in total. The highest BCUT2D eigenvalue weighted by Crippen LogP contribution is 2.48. The number of nitrogens with one attached hydrogen (secondary N) is 3. The summed E-state index contributed by atoms with van der Waals surface area (Å²) < 4.78 is 44.3. The van der Waals surface area contributed by atoms with E-state index >= 15 is 0 Å². The summed E-state index contributed by atoms with van der Waals surface area (Å²) in [6, 6.07) is 60.0. The van der Waals surface area contributed by atoms with Crippen LogP contribution < -0.4 is 54.4 Å². The molecule has 8 aromatic carbocycles. The smallest absolute Gasteiger partial charge is 0.326 e. The zero-order valence-electron chi connectivity index (χ0n) is 65.8. The van der Waals surface area contributed by atoms with Crippen molar-refractivity contribution in [1.29, 1.82) is 0 Å². The Morgan fingerprint density at radius 3 is 2.17 bits per heavy atom. The number of anilines is 6. The number of quaternary nitrogens is 1. The molecule has 0 fully saturated rings. The molecule has 0 saturated carbocycles. The Balaban J connectivity index is 0.000000201. The van der Waals surface area contributed by atoms with E-state index in [9.17, 15) is 42.4 Å². The molecule has 598 valence electrons. The standard InChI is InChI=1S/C46H52ClN5O4.C46H48N4O6S3/c1-4-32(29-45-50(6-3)39-16-10-11-17-42(39)56-45)28-44-49(5-2)38-21-18-34(33-14-8-7-9-15-33)31-41(38)52(44)26-13-12-25-48-43(53)24-27-51-37-23-20-36(47)30-35(37)19-22-40(51)46(54)55;1-3-33(29-45-50(25-12-26-59(54,55)56)40-30-35(20-22-42(40)58-45)34-13-5-4-6-14-34)28-44-49(39-27-32(2)19-21-41(39)57-44)24-10-8-18-43(51)47-36-15-11-16-37(31-36)48-23-9-7-17-38(48)46(52)53/h7-11,14-18,20-21,23,28-31,40,44H,4-6,12-13,19,22,24-27H2,1-3H3,(H,48,53)(H,54,55);4-7,9,11,13-16,19-22,27-31,38H,3,8,10,12,17-18,23-26H2,1-2H3,(H2-,47,51,52,53,54,55,56)/b32-28+,45-29-;. The largest absolute Gasteiger partial charge is 0.748 e. The van der Waals surface area contributed by atoms with E-state index in [-0.39, 0.29) is 30.8 Å². The summed E-state index contributed by atoms with van der Waals surface area (Å²) in [5.74, 6) is -0.854. The van der Waals surface area contributed by atoms with Gasteiger partial charge in [0.2, 0.25) is 23.2 Å². The van der Waals surface area contributed by atoms with Gasteiger partial charge >= 0.3 is 5.97 Å². The highest BCUT2D eigenvalue weighted by Gasteiger charge is 2.40. The first kappa shape index (κ1) is 82.5. The van der Waals surface area contributed by atoms with Gasteiger partial charge in [0, 0.05) is 116 Å². The first-order valence-electron chi connectivity index (χ1n) is 40.0. The summed E-state index contributed by atoms with van der Waals surface area (Å²) in [6.45, 7) is 15.8. The van der Waals surface area contributed by atoms with Gasteiger partial charge in [-0.15, -0.1) is 0 Å². The Kier molecular flexibility index (Phi) is 27.5. The maximum absolute atomic E-state index is 13.1. The van der Waals surface area contributed by atoms with E-state index in [0.717, 1.165) is 135 Å². The first-order chi connectivity index (χ1) is 55.7. The zero-order chi connectivity index (χ0) is 80.7. The van der Waals surface area contributed by atoms with Crippen LogP contribution in [0.25, 0.3) is 38.5 Å². The van der Waals surface area contributed by atoms with Crippen molar-refractivity contribution in [3.63, 3.8) is 0 Å². The van der Waals surface area contributed by atoms with Crippen molar-refractivity contribution >= 4 is 125 Å². The van der Waals surface area contributed by atoms with Gasteiger partial charge in [0.05, 0.1) is 45.1 Å². The number of carbonyl (C=O) groups excluding carboxylic acids is 3. The molecule has 6 heterocycles. The number of carboxylic acids is 2. The van der Waals surface area contributed by atoms with Crippen LogP contribution in [0.3, 0.4) is 0 Å². The lowest BCUT2D eigenvalue weighted by atomic mass is 9.95. The number of nitrogens with zero attached hydrogens (tertiary/aromatic N) is 6. The van der Waals surface area contributed by atoms with Gasteiger partial charge in [-0.25, -0.2) is 13.2 Å². The van der Waals surface area contributed by atoms with Crippen LogP contribution in [0.2, 0.25) is 5.02 Å². The number of hydrogen-bond acceptors (Lipinski definition) is 16. The maximum Gasteiger partial charge on any atom is 0.326 e. The monoisotopic (exact) mass is 1620 g/mol. The van der Waals surface area contributed by atoms with E-state index in [2.05, 4.69) is 192 Å². The van der Waals surface area contributed by atoms with Crippen LogP contribution >= 0.6 is 34.7 Å². The first-order valence-corrected chi connectivity index (χ1v) is 43.6. The van der Waals surface area contributed by atoms with Gasteiger partial charge in [-0.05, 0) is 208 Å². The van der Waals surface area contributed by atoms with Crippen LogP contribution in [-0.2, 0) is 42.3 Å². The topological polar surface area (TPSA) is 227 Å². The number of thiazole rings is 1. The third kappa shape index (κ3) is 20.3. The number of likely N-dealkylation sites (N-methyl/N-ethyl adjacent to an activating group) is 1. The van der Waals surface area contributed by atoms with Gasteiger partial charge in [0.25, 0.3) is 5.01 Å². The van der Waals surface area contributed by atoms with Crippen LogP contribution in [0.1, 0.15) is 114 Å². The van der Waals surface area contributed by atoms with Crippen molar-refractivity contribution in [2.75, 3.05) is 81.4 Å². The third-order valence-corrected chi connectivity index (χ3v) is 25.1. The predicted molar refractivity (Wildman–Crippen MR) is 462 cm³/mol. The van der Waals surface area contributed by atoms with Crippen LogP contribution in [0.15, 0.2) is 239 Å². The Morgan fingerprint density at radius 2 is 1.43 bits per heavy atom. The van der Waals surface area contributed by atoms with Crippen molar-refractivity contribution < 1.29 is 56.6 Å². The number of rotatable bonds is 31. The minimum atomic E-state index is -4.35. The summed E-state index contributed by atoms with van der Waals surface area (Å²) >= 11 is 9.59. The molecule has 0 saturated heterocycles. The molecule has 9 aromatic rings. The fourth-order valence-corrected chi connectivity index (χ4v) is 18.9.